The van der Waals surface area contributed by atoms with E-state index in [4.69, 9.17) is 0 Å². The van der Waals surface area contributed by atoms with Crippen molar-refractivity contribution in [2.45, 2.75) is 6.92 Å². The number of benzene rings is 2. The van der Waals surface area contributed by atoms with Gasteiger partial charge >= 0.3 is 0 Å². The second-order valence-electron chi connectivity index (χ2n) is 3.95. The standard InChI is InChI=1S/C15H13BrN2/c1-12-2-4-13(5-3-12)10-17-18-11-14-6-8-15(16)9-7-14/h2-11H,1H3/b17-10+,18-11+. The van der Waals surface area contributed by atoms with Gasteiger partial charge in [0.15, 0.2) is 0 Å². The molecule has 0 unspecified atom stereocenters. The summed E-state index contributed by atoms with van der Waals surface area (Å²) in [6.45, 7) is 2.06. The second-order valence-corrected chi connectivity index (χ2v) is 4.87. The van der Waals surface area contributed by atoms with Gasteiger partial charge in [-0.05, 0) is 30.2 Å². The molecule has 0 aromatic heterocycles. The molecule has 90 valence electrons. The Bertz CT molecular complexity index is 501. The molecule has 2 aromatic carbocycles. The van der Waals surface area contributed by atoms with E-state index >= 15 is 0 Å². The summed E-state index contributed by atoms with van der Waals surface area (Å²) in [6.07, 6.45) is 3.48. The minimum absolute atomic E-state index is 1.03. The van der Waals surface area contributed by atoms with Gasteiger partial charge in [-0.25, -0.2) is 0 Å². The van der Waals surface area contributed by atoms with E-state index in [1.807, 2.05) is 36.4 Å². The number of hydrogen-bond donors (Lipinski definition) is 0. The highest BCUT2D eigenvalue weighted by molar-refractivity contribution is 9.10. The van der Waals surface area contributed by atoms with Crippen molar-refractivity contribution in [1.82, 2.24) is 0 Å². The van der Waals surface area contributed by atoms with E-state index in [9.17, 15) is 0 Å². The lowest BCUT2D eigenvalue weighted by Gasteiger charge is -1.93. The summed E-state index contributed by atoms with van der Waals surface area (Å²) >= 11 is 3.39. The van der Waals surface area contributed by atoms with Gasteiger partial charge in [-0.15, -0.1) is 0 Å². The first-order valence-corrected chi connectivity index (χ1v) is 6.42. The predicted octanol–water partition coefficient (Wildman–Crippen LogP) is 4.21. The summed E-state index contributed by atoms with van der Waals surface area (Å²) < 4.78 is 1.06. The maximum atomic E-state index is 4.02. The van der Waals surface area contributed by atoms with Crippen LogP contribution in [0.15, 0.2) is 63.2 Å². The van der Waals surface area contributed by atoms with Crippen molar-refractivity contribution < 1.29 is 0 Å². The van der Waals surface area contributed by atoms with Crippen molar-refractivity contribution in [2.75, 3.05) is 0 Å². The van der Waals surface area contributed by atoms with Crippen LogP contribution in [0.1, 0.15) is 16.7 Å². The first kappa shape index (κ1) is 12.7. The molecule has 0 saturated heterocycles. The molecule has 18 heavy (non-hydrogen) atoms. The fourth-order valence-electron chi connectivity index (χ4n) is 1.40. The molecule has 0 radical (unpaired) electrons. The normalized spacial score (nSPS) is 11.4. The number of nitrogens with zero attached hydrogens (tertiary/aromatic N) is 2. The summed E-state index contributed by atoms with van der Waals surface area (Å²) in [4.78, 5) is 0. The zero-order valence-corrected chi connectivity index (χ0v) is 11.6. The van der Waals surface area contributed by atoms with E-state index in [1.54, 1.807) is 12.4 Å². The lowest BCUT2D eigenvalue weighted by Crippen LogP contribution is -1.81. The minimum atomic E-state index is 1.03. The van der Waals surface area contributed by atoms with E-state index < -0.39 is 0 Å². The average Bonchev–Trinajstić information content (AvgIpc) is 2.39. The largest absolute Gasteiger partial charge is 0.159 e. The second kappa shape index (κ2) is 6.26. The summed E-state index contributed by atoms with van der Waals surface area (Å²) in [5, 5.41) is 8.04. The molecule has 2 rings (SSSR count). The van der Waals surface area contributed by atoms with E-state index in [0.29, 0.717) is 0 Å². The van der Waals surface area contributed by atoms with Gasteiger partial charge in [0, 0.05) is 4.47 Å². The lowest BCUT2D eigenvalue weighted by atomic mass is 10.2. The van der Waals surface area contributed by atoms with Gasteiger partial charge in [0.2, 0.25) is 0 Å². The Labute approximate surface area is 115 Å². The molecule has 2 aromatic rings. The van der Waals surface area contributed by atoms with E-state index in [-0.39, 0.29) is 0 Å². The third kappa shape index (κ3) is 3.93. The van der Waals surface area contributed by atoms with Crippen molar-refractivity contribution in [2.24, 2.45) is 10.2 Å². The Kier molecular flexibility index (Phi) is 4.42. The van der Waals surface area contributed by atoms with Gasteiger partial charge in [-0.2, -0.15) is 10.2 Å². The average molecular weight is 301 g/mol. The number of hydrogen-bond acceptors (Lipinski definition) is 2. The number of halogens is 1. The quantitative estimate of drug-likeness (QED) is 0.599. The molecule has 0 N–H and O–H groups in total. The van der Waals surface area contributed by atoms with Crippen LogP contribution >= 0.6 is 15.9 Å². The van der Waals surface area contributed by atoms with Crippen LogP contribution in [0, 0.1) is 6.92 Å². The molecule has 0 aliphatic rings. The predicted molar refractivity (Wildman–Crippen MR) is 80.5 cm³/mol. The fourth-order valence-corrected chi connectivity index (χ4v) is 1.67. The van der Waals surface area contributed by atoms with Crippen molar-refractivity contribution in [3.63, 3.8) is 0 Å². The molecule has 0 amide bonds. The molecule has 3 heteroatoms. The molecule has 0 fully saturated rings. The van der Waals surface area contributed by atoms with Crippen molar-refractivity contribution >= 4 is 28.4 Å². The first-order valence-electron chi connectivity index (χ1n) is 5.63. The van der Waals surface area contributed by atoms with E-state index in [0.717, 1.165) is 15.6 Å². The lowest BCUT2D eigenvalue weighted by molar-refractivity contribution is 1.26. The van der Waals surface area contributed by atoms with Crippen molar-refractivity contribution in [3.8, 4) is 0 Å². The van der Waals surface area contributed by atoms with Crippen LogP contribution in [0.2, 0.25) is 0 Å². The molecule has 2 nitrogen and oxygen atoms in total. The summed E-state index contributed by atoms with van der Waals surface area (Å²) in [5.41, 5.74) is 3.32. The molecule has 0 atom stereocenters. The Balaban J connectivity index is 1.98. The summed E-state index contributed by atoms with van der Waals surface area (Å²) in [5.74, 6) is 0. The van der Waals surface area contributed by atoms with Crippen LogP contribution in [0.3, 0.4) is 0 Å². The molecule has 0 bridgehead atoms. The topological polar surface area (TPSA) is 24.7 Å². The first-order chi connectivity index (χ1) is 8.74. The monoisotopic (exact) mass is 300 g/mol. The molecular weight excluding hydrogens is 288 g/mol. The van der Waals surface area contributed by atoms with Crippen LogP contribution in [-0.4, -0.2) is 12.4 Å². The van der Waals surface area contributed by atoms with Crippen LogP contribution in [0.5, 0.6) is 0 Å². The van der Waals surface area contributed by atoms with Gasteiger partial charge in [0.1, 0.15) is 0 Å². The summed E-state index contributed by atoms with van der Waals surface area (Å²) in [7, 11) is 0. The Hall–Kier alpha value is -1.74. The number of rotatable bonds is 3. The van der Waals surface area contributed by atoms with Gasteiger partial charge in [0.25, 0.3) is 0 Å². The maximum absolute atomic E-state index is 4.02. The molecule has 0 heterocycles. The third-order valence-electron chi connectivity index (χ3n) is 2.43. The zero-order chi connectivity index (χ0) is 12.8. The van der Waals surface area contributed by atoms with Gasteiger partial charge in [-0.1, -0.05) is 57.9 Å². The van der Waals surface area contributed by atoms with Crippen LogP contribution in [0.4, 0.5) is 0 Å². The SMILES string of the molecule is Cc1ccc(/C=N/N=C/c2ccc(Br)cc2)cc1. The molecular formula is C15H13BrN2. The Morgan fingerprint density at radius 2 is 1.22 bits per heavy atom. The van der Waals surface area contributed by atoms with Crippen LogP contribution < -0.4 is 0 Å². The maximum Gasteiger partial charge on any atom is 0.0568 e. The van der Waals surface area contributed by atoms with Crippen molar-refractivity contribution in [3.05, 3.63) is 69.7 Å². The highest BCUT2D eigenvalue weighted by atomic mass is 79.9. The molecule has 0 aliphatic heterocycles. The molecule has 0 saturated carbocycles. The zero-order valence-electron chi connectivity index (χ0n) is 10.0. The Morgan fingerprint density at radius 1 is 0.778 bits per heavy atom. The van der Waals surface area contributed by atoms with Gasteiger partial charge in [0.05, 0.1) is 12.4 Å². The minimum Gasteiger partial charge on any atom is -0.159 e. The number of aryl methyl sites for hydroxylation is 1. The highest BCUT2D eigenvalue weighted by Crippen LogP contribution is 2.09. The smallest absolute Gasteiger partial charge is 0.0568 e. The Morgan fingerprint density at radius 3 is 1.72 bits per heavy atom. The van der Waals surface area contributed by atoms with Crippen LogP contribution in [0.25, 0.3) is 0 Å². The van der Waals surface area contributed by atoms with E-state index in [1.165, 1.54) is 5.56 Å². The summed E-state index contributed by atoms with van der Waals surface area (Å²) in [6, 6.07) is 16.1. The van der Waals surface area contributed by atoms with Crippen molar-refractivity contribution in [1.29, 1.82) is 0 Å². The van der Waals surface area contributed by atoms with Crippen LogP contribution in [-0.2, 0) is 0 Å². The highest BCUT2D eigenvalue weighted by Gasteiger charge is 1.88. The van der Waals surface area contributed by atoms with Gasteiger partial charge in [-0.3, -0.25) is 0 Å². The third-order valence-corrected chi connectivity index (χ3v) is 2.96. The van der Waals surface area contributed by atoms with E-state index in [2.05, 4.69) is 45.2 Å². The molecule has 0 spiro atoms. The van der Waals surface area contributed by atoms with Gasteiger partial charge < -0.3 is 0 Å². The molecule has 0 aliphatic carbocycles. The fraction of sp³-hybridized carbons (Fsp3) is 0.0667.